The third-order valence-corrected chi connectivity index (χ3v) is 6.83. The first-order valence-corrected chi connectivity index (χ1v) is 12.9. The molecular formula is C25H21BrClN3O5S. The van der Waals surface area contributed by atoms with Crippen LogP contribution in [-0.2, 0) is 9.53 Å². The summed E-state index contributed by atoms with van der Waals surface area (Å²) < 4.78 is 13.0. The van der Waals surface area contributed by atoms with E-state index in [0.717, 1.165) is 20.5 Å². The van der Waals surface area contributed by atoms with Crippen molar-refractivity contribution in [3.05, 3.63) is 79.5 Å². The number of benzene rings is 2. The van der Waals surface area contributed by atoms with Crippen molar-refractivity contribution < 1.29 is 19.1 Å². The molecule has 4 aromatic rings. The van der Waals surface area contributed by atoms with Crippen LogP contribution < -0.4 is 15.6 Å². The van der Waals surface area contributed by atoms with Crippen LogP contribution in [0.5, 0.6) is 5.75 Å². The Labute approximate surface area is 223 Å². The van der Waals surface area contributed by atoms with Crippen LogP contribution in [0.1, 0.15) is 31.3 Å². The van der Waals surface area contributed by atoms with Crippen LogP contribution in [0, 0.1) is 0 Å². The predicted octanol–water partition coefficient (Wildman–Crippen LogP) is 5.84. The lowest BCUT2D eigenvalue weighted by atomic mass is 10.1. The van der Waals surface area contributed by atoms with E-state index in [1.807, 2.05) is 0 Å². The molecule has 0 saturated carbocycles. The molecule has 8 nitrogen and oxygen atoms in total. The molecule has 11 heteroatoms. The Balaban J connectivity index is 1.77. The number of aromatic nitrogens is 2. The third-order valence-electron chi connectivity index (χ3n) is 5.15. The number of nitrogens with one attached hydrogen (secondary N) is 1. The van der Waals surface area contributed by atoms with Crippen molar-refractivity contribution in [2.24, 2.45) is 0 Å². The minimum atomic E-state index is -1.29. The van der Waals surface area contributed by atoms with Gasteiger partial charge in [-0.2, -0.15) is 9.78 Å². The Morgan fingerprint density at radius 1 is 1.14 bits per heavy atom. The Morgan fingerprint density at radius 2 is 1.81 bits per heavy atom. The SMILES string of the molecule is CCOC(=O)c1nn(-c2ccc(Br)cc2)c(=O)c2c(NC(=O)C(C)(C)Oc3ccc(Cl)cc3)scc12. The molecule has 2 aromatic heterocycles. The number of thiophene rings is 1. The molecule has 186 valence electrons. The van der Waals surface area contributed by atoms with Gasteiger partial charge >= 0.3 is 5.97 Å². The van der Waals surface area contributed by atoms with E-state index >= 15 is 0 Å². The number of halogens is 2. The lowest BCUT2D eigenvalue weighted by Gasteiger charge is -2.25. The molecule has 0 radical (unpaired) electrons. The summed E-state index contributed by atoms with van der Waals surface area (Å²) in [5.74, 6) is -0.692. The van der Waals surface area contributed by atoms with E-state index < -0.39 is 23.0 Å². The van der Waals surface area contributed by atoms with E-state index in [1.54, 1.807) is 74.7 Å². The quantitative estimate of drug-likeness (QED) is 0.272. The minimum Gasteiger partial charge on any atom is -0.478 e. The summed E-state index contributed by atoms with van der Waals surface area (Å²) in [6.45, 7) is 5.04. The van der Waals surface area contributed by atoms with E-state index in [2.05, 4.69) is 26.3 Å². The van der Waals surface area contributed by atoms with Crippen molar-refractivity contribution in [3.63, 3.8) is 0 Å². The van der Waals surface area contributed by atoms with Crippen LogP contribution in [0.4, 0.5) is 5.00 Å². The first-order chi connectivity index (χ1) is 17.1. The first kappa shape index (κ1) is 25.9. The van der Waals surface area contributed by atoms with Gasteiger partial charge in [-0.25, -0.2) is 4.79 Å². The molecule has 0 saturated heterocycles. The van der Waals surface area contributed by atoms with Gasteiger partial charge in [0.15, 0.2) is 11.3 Å². The summed E-state index contributed by atoms with van der Waals surface area (Å²) in [6, 6.07) is 13.5. The lowest BCUT2D eigenvalue weighted by Crippen LogP contribution is -2.42. The fourth-order valence-corrected chi connectivity index (χ4v) is 4.67. The molecule has 2 heterocycles. The largest absolute Gasteiger partial charge is 0.478 e. The molecule has 0 fully saturated rings. The molecule has 2 aromatic carbocycles. The van der Waals surface area contributed by atoms with Gasteiger partial charge in [-0.3, -0.25) is 9.59 Å². The van der Waals surface area contributed by atoms with Crippen LogP contribution in [0.3, 0.4) is 0 Å². The Hall–Kier alpha value is -3.21. The molecule has 1 amide bonds. The molecule has 0 bridgehead atoms. The van der Waals surface area contributed by atoms with Gasteiger partial charge in [-0.15, -0.1) is 11.3 Å². The molecule has 0 atom stereocenters. The second-order valence-corrected chi connectivity index (χ2v) is 10.4. The van der Waals surface area contributed by atoms with Gasteiger partial charge in [0, 0.05) is 20.3 Å². The van der Waals surface area contributed by atoms with E-state index in [0.29, 0.717) is 21.8 Å². The molecule has 0 unspecified atom stereocenters. The Kier molecular flexibility index (Phi) is 7.49. The number of hydrogen-bond donors (Lipinski definition) is 1. The number of hydrogen-bond acceptors (Lipinski definition) is 7. The zero-order valence-electron chi connectivity index (χ0n) is 19.5. The van der Waals surface area contributed by atoms with Gasteiger partial charge in [0.05, 0.1) is 17.7 Å². The standard InChI is InChI=1S/C25H21BrClN3O5S/c1-4-34-23(32)20-18-13-36-21(19(18)22(31)30(29-20)16-9-5-14(26)6-10-16)28-24(33)25(2,3)35-17-11-7-15(27)8-12-17/h5-13H,4H2,1-3H3,(H,28,33). The summed E-state index contributed by atoms with van der Waals surface area (Å²) in [5.41, 5.74) is -1.35. The smallest absolute Gasteiger partial charge is 0.359 e. The molecule has 0 spiro atoms. The van der Waals surface area contributed by atoms with E-state index in [4.69, 9.17) is 21.1 Å². The van der Waals surface area contributed by atoms with Gasteiger partial charge < -0.3 is 14.8 Å². The topological polar surface area (TPSA) is 99.5 Å². The van der Waals surface area contributed by atoms with Gasteiger partial charge in [0.1, 0.15) is 10.8 Å². The number of carbonyl (C=O) groups is 2. The van der Waals surface area contributed by atoms with Gasteiger partial charge in [0.25, 0.3) is 11.5 Å². The Bertz CT molecular complexity index is 1500. The van der Waals surface area contributed by atoms with Gasteiger partial charge in [-0.1, -0.05) is 27.5 Å². The highest BCUT2D eigenvalue weighted by atomic mass is 79.9. The van der Waals surface area contributed by atoms with Gasteiger partial charge in [0.2, 0.25) is 0 Å². The number of anilines is 1. The highest BCUT2D eigenvalue weighted by Gasteiger charge is 2.32. The molecule has 0 aliphatic rings. The molecule has 1 N–H and O–H groups in total. The van der Waals surface area contributed by atoms with Crippen LogP contribution in [-0.4, -0.2) is 33.9 Å². The average molecular weight is 591 g/mol. The van der Waals surface area contributed by atoms with Crippen molar-refractivity contribution in [1.29, 1.82) is 0 Å². The number of fused-ring (bicyclic) bond motifs is 1. The van der Waals surface area contributed by atoms with E-state index in [-0.39, 0.29) is 22.7 Å². The maximum atomic E-state index is 13.5. The van der Waals surface area contributed by atoms with Crippen LogP contribution >= 0.6 is 38.9 Å². The molecular weight excluding hydrogens is 570 g/mol. The van der Waals surface area contributed by atoms with Crippen molar-refractivity contribution in [2.45, 2.75) is 26.4 Å². The van der Waals surface area contributed by atoms with Crippen molar-refractivity contribution in [3.8, 4) is 11.4 Å². The molecule has 0 aliphatic carbocycles. The summed E-state index contributed by atoms with van der Waals surface area (Å²) in [4.78, 5) is 39.4. The highest BCUT2D eigenvalue weighted by Crippen LogP contribution is 2.32. The maximum Gasteiger partial charge on any atom is 0.359 e. The second-order valence-electron chi connectivity index (χ2n) is 8.14. The Morgan fingerprint density at radius 3 is 2.44 bits per heavy atom. The van der Waals surface area contributed by atoms with Crippen LogP contribution in [0.15, 0.2) is 63.2 Å². The zero-order valence-corrected chi connectivity index (χ0v) is 22.7. The minimum absolute atomic E-state index is 0.0252. The zero-order chi connectivity index (χ0) is 26.0. The number of amides is 1. The molecule has 0 aliphatic heterocycles. The summed E-state index contributed by atoms with van der Waals surface area (Å²) in [7, 11) is 0. The fourth-order valence-electron chi connectivity index (χ4n) is 3.35. The van der Waals surface area contributed by atoms with Crippen LogP contribution in [0.25, 0.3) is 16.5 Å². The summed E-state index contributed by atoms with van der Waals surface area (Å²) in [6.07, 6.45) is 0. The summed E-state index contributed by atoms with van der Waals surface area (Å²) in [5, 5.41) is 9.95. The lowest BCUT2D eigenvalue weighted by molar-refractivity contribution is -0.128. The summed E-state index contributed by atoms with van der Waals surface area (Å²) >= 11 is 10.4. The highest BCUT2D eigenvalue weighted by molar-refractivity contribution is 9.10. The average Bonchev–Trinajstić information content (AvgIpc) is 3.25. The number of carbonyl (C=O) groups excluding carboxylic acids is 2. The van der Waals surface area contributed by atoms with E-state index in [9.17, 15) is 14.4 Å². The number of esters is 1. The normalized spacial score (nSPS) is 11.4. The van der Waals surface area contributed by atoms with Crippen molar-refractivity contribution >= 4 is 66.5 Å². The number of ether oxygens (including phenoxy) is 2. The maximum absolute atomic E-state index is 13.5. The van der Waals surface area contributed by atoms with Crippen molar-refractivity contribution in [1.82, 2.24) is 9.78 Å². The van der Waals surface area contributed by atoms with Gasteiger partial charge in [-0.05, 0) is 69.3 Å². The van der Waals surface area contributed by atoms with E-state index in [1.165, 1.54) is 0 Å². The fraction of sp³-hybridized carbons (Fsp3) is 0.200. The molecule has 4 rings (SSSR count). The second kappa shape index (κ2) is 10.4. The predicted molar refractivity (Wildman–Crippen MR) is 144 cm³/mol. The monoisotopic (exact) mass is 589 g/mol. The third kappa shape index (κ3) is 5.30. The van der Waals surface area contributed by atoms with Crippen LogP contribution in [0.2, 0.25) is 5.02 Å². The van der Waals surface area contributed by atoms with Crippen molar-refractivity contribution in [2.75, 3.05) is 11.9 Å². The number of rotatable bonds is 7. The number of nitrogens with zero attached hydrogens (tertiary/aromatic N) is 2. The first-order valence-electron chi connectivity index (χ1n) is 10.8. The molecule has 36 heavy (non-hydrogen) atoms.